The van der Waals surface area contributed by atoms with Gasteiger partial charge in [0.25, 0.3) is 5.72 Å². The fourth-order valence-corrected chi connectivity index (χ4v) is 3.43. The fraction of sp³-hybridized carbons (Fsp3) is 0.278. The lowest BCUT2D eigenvalue weighted by Crippen LogP contribution is -2.47. The molecule has 1 aliphatic rings. The molecule has 5 nitrogen and oxygen atoms in total. The van der Waals surface area contributed by atoms with E-state index in [1.54, 1.807) is 0 Å². The van der Waals surface area contributed by atoms with Gasteiger partial charge < -0.3 is 10.0 Å². The Balaban J connectivity index is 2.14. The molecule has 1 unspecified atom stereocenters. The molecule has 156 valence electrons. The highest BCUT2D eigenvalue weighted by atomic mass is 32.2. The average molecular weight is 434 g/mol. The number of hydrogen-bond donors (Lipinski definition) is 1. The molecule has 3 rings (SSSR count). The van der Waals surface area contributed by atoms with E-state index in [1.807, 2.05) is 0 Å². The summed E-state index contributed by atoms with van der Waals surface area (Å²) in [7, 11) is -3.55. The molecule has 0 spiro atoms. The second-order valence-electron chi connectivity index (χ2n) is 6.67. The van der Waals surface area contributed by atoms with Crippen LogP contribution in [0.3, 0.4) is 0 Å². The van der Waals surface area contributed by atoms with E-state index in [-0.39, 0.29) is 21.7 Å². The highest BCUT2D eigenvalue weighted by Gasteiger charge is 2.59. The van der Waals surface area contributed by atoms with Gasteiger partial charge in [-0.3, -0.25) is 0 Å². The lowest BCUT2D eigenvalue weighted by molar-refractivity contribution is -0.249. The van der Waals surface area contributed by atoms with Gasteiger partial charge in [-0.2, -0.15) is 13.2 Å². The highest BCUT2D eigenvalue weighted by Crippen LogP contribution is 2.39. The predicted molar refractivity (Wildman–Crippen MR) is 95.5 cm³/mol. The molecule has 1 heterocycles. The monoisotopic (exact) mass is 434 g/mol. The molecule has 0 aromatic heterocycles. The van der Waals surface area contributed by atoms with Crippen molar-refractivity contribution in [1.29, 1.82) is 0 Å². The third-order valence-corrected chi connectivity index (χ3v) is 5.62. The molecule has 1 N–H and O–H groups in total. The molecule has 0 saturated carbocycles. The van der Waals surface area contributed by atoms with Crippen LogP contribution in [0.1, 0.15) is 11.1 Å². The summed E-state index contributed by atoms with van der Waals surface area (Å²) < 4.78 is 91.2. The summed E-state index contributed by atoms with van der Waals surface area (Å²) in [6.07, 6.45) is -4.19. The van der Waals surface area contributed by atoms with E-state index in [4.69, 9.17) is 0 Å². The topological polar surface area (TPSA) is 70.0 Å². The van der Waals surface area contributed by atoms with Gasteiger partial charge in [-0.05, 0) is 43.3 Å². The number of aliphatic hydroxyl groups is 1. The van der Waals surface area contributed by atoms with Crippen molar-refractivity contribution in [2.45, 2.75) is 23.7 Å². The van der Waals surface area contributed by atoms with Crippen LogP contribution in [-0.4, -0.2) is 44.1 Å². The van der Waals surface area contributed by atoms with E-state index >= 15 is 0 Å². The van der Waals surface area contributed by atoms with Crippen molar-refractivity contribution in [3.63, 3.8) is 0 Å². The van der Waals surface area contributed by atoms with Crippen molar-refractivity contribution in [1.82, 2.24) is 0 Å². The Kier molecular flexibility index (Phi) is 4.94. The van der Waals surface area contributed by atoms with Gasteiger partial charge in [0.2, 0.25) is 0 Å². The third-order valence-electron chi connectivity index (χ3n) is 4.49. The van der Waals surface area contributed by atoms with Crippen LogP contribution < -0.4 is 4.90 Å². The Hall–Kier alpha value is -2.53. The Morgan fingerprint density at radius 2 is 1.62 bits per heavy atom. The van der Waals surface area contributed by atoms with E-state index in [9.17, 15) is 35.5 Å². The number of anilines is 1. The molecule has 2 aromatic carbocycles. The SMILES string of the molecule is Cc1c(F)cc(C2=NC(O)(C(F)(F)F)CN2c2ccc(S(C)(=O)=O)cc2)cc1F. The largest absolute Gasteiger partial charge is 0.440 e. The first-order valence-electron chi connectivity index (χ1n) is 8.15. The minimum Gasteiger partial charge on any atom is -0.361 e. The molecule has 1 atom stereocenters. The Bertz CT molecular complexity index is 1070. The first kappa shape index (κ1) is 21.2. The summed E-state index contributed by atoms with van der Waals surface area (Å²) in [5.74, 6) is -2.48. The molecule has 0 aliphatic carbocycles. The lowest BCUT2D eigenvalue weighted by Gasteiger charge is -2.25. The van der Waals surface area contributed by atoms with Crippen molar-refractivity contribution in [3.05, 3.63) is 59.2 Å². The van der Waals surface area contributed by atoms with E-state index < -0.39 is 45.8 Å². The smallest absolute Gasteiger partial charge is 0.361 e. The Morgan fingerprint density at radius 3 is 2.07 bits per heavy atom. The number of nitrogens with zero attached hydrogens (tertiary/aromatic N) is 2. The number of aliphatic imine (C=N–C) groups is 1. The summed E-state index contributed by atoms with van der Waals surface area (Å²) in [4.78, 5) is 4.17. The number of benzene rings is 2. The maximum atomic E-state index is 14.0. The van der Waals surface area contributed by atoms with Crippen molar-refractivity contribution in [3.8, 4) is 0 Å². The first-order chi connectivity index (χ1) is 13.2. The molecule has 0 radical (unpaired) electrons. The number of amidine groups is 1. The normalized spacial score (nSPS) is 20.1. The molecule has 0 amide bonds. The summed E-state index contributed by atoms with van der Waals surface area (Å²) >= 11 is 0. The molecular weight excluding hydrogens is 419 g/mol. The molecular formula is C18H15F5N2O3S. The van der Waals surface area contributed by atoms with Crippen molar-refractivity contribution in [2.24, 2.45) is 4.99 Å². The minimum atomic E-state index is -5.15. The van der Waals surface area contributed by atoms with Crippen LogP contribution >= 0.6 is 0 Å². The van der Waals surface area contributed by atoms with E-state index in [1.165, 1.54) is 31.2 Å². The fourth-order valence-electron chi connectivity index (χ4n) is 2.80. The molecule has 11 heteroatoms. The zero-order chi connectivity index (χ0) is 21.8. The number of β-amino-alcohol motifs (C(OH)–C–C–N with tert-alkyl or cyclic N) is 1. The van der Waals surface area contributed by atoms with E-state index in [2.05, 4.69) is 4.99 Å². The molecule has 0 fully saturated rings. The van der Waals surface area contributed by atoms with Gasteiger partial charge in [0.15, 0.2) is 9.84 Å². The molecule has 0 bridgehead atoms. The van der Waals surface area contributed by atoms with Crippen molar-refractivity contribution in [2.75, 3.05) is 17.7 Å². The quantitative estimate of drug-likeness (QED) is 0.754. The van der Waals surface area contributed by atoms with Gasteiger partial charge in [0.05, 0.1) is 11.4 Å². The number of halogens is 5. The maximum absolute atomic E-state index is 14.0. The van der Waals surface area contributed by atoms with Gasteiger partial charge in [-0.15, -0.1) is 0 Å². The standard InChI is InChI=1S/C18H15F5N2O3S/c1-10-14(19)7-11(8-15(10)20)16-24-17(26,18(21,22)23)9-25(16)12-3-5-13(6-4-12)29(2,27)28/h3-8,26H,9H2,1-2H3. The zero-order valence-electron chi connectivity index (χ0n) is 15.1. The van der Waals surface area contributed by atoms with Crippen LogP contribution in [-0.2, 0) is 9.84 Å². The van der Waals surface area contributed by atoms with Crippen LogP contribution in [0.15, 0.2) is 46.3 Å². The number of sulfone groups is 1. The summed E-state index contributed by atoms with van der Waals surface area (Å²) in [5, 5.41) is 10.0. The third kappa shape index (κ3) is 3.84. The van der Waals surface area contributed by atoms with E-state index in [0.29, 0.717) is 0 Å². The van der Waals surface area contributed by atoms with Gasteiger partial charge >= 0.3 is 6.18 Å². The lowest BCUT2D eigenvalue weighted by atomic mass is 10.1. The Labute approximate surface area is 163 Å². The summed E-state index contributed by atoms with van der Waals surface area (Å²) in [5.41, 5.74) is -4.08. The number of hydrogen-bond acceptors (Lipinski definition) is 5. The summed E-state index contributed by atoms with van der Waals surface area (Å²) in [6, 6.07) is 6.41. The van der Waals surface area contributed by atoms with Crippen LogP contribution in [0.25, 0.3) is 0 Å². The molecule has 2 aromatic rings. The van der Waals surface area contributed by atoms with Crippen LogP contribution in [0.2, 0.25) is 0 Å². The predicted octanol–water partition coefficient (Wildman–Crippen LogP) is 3.19. The van der Waals surface area contributed by atoms with Crippen LogP contribution in [0.4, 0.5) is 27.6 Å². The molecule has 29 heavy (non-hydrogen) atoms. The summed E-state index contributed by atoms with van der Waals surface area (Å²) in [6.45, 7) is 0.0970. The van der Waals surface area contributed by atoms with Crippen LogP contribution in [0, 0.1) is 18.6 Å². The number of rotatable bonds is 3. The second kappa shape index (κ2) is 6.77. The highest BCUT2D eigenvalue weighted by molar-refractivity contribution is 7.90. The molecule has 0 saturated heterocycles. The zero-order valence-corrected chi connectivity index (χ0v) is 15.9. The van der Waals surface area contributed by atoms with Gasteiger partial charge in [-0.1, -0.05) is 0 Å². The van der Waals surface area contributed by atoms with Crippen LogP contribution in [0.5, 0.6) is 0 Å². The molecule has 1 aliphatic heterocycles. The first-order valence-corrected chi connectivity index (χ1v) is 10.0. The van der Waals surface area contributed by atoms with E-state index in [0.717, 1.165) is 23.3 Å². The van der Waals surface area contributed by atoms with Gasteiger partial charge in [0.1, 0.15) is 17.5 Å². The average Bonchev–Trinajstić information content (AvgIpc) is 2.98. The van der Waals surface area contributed by atoms with Crippen molar-refractivity contribution < 1.29 is 35.5 Å². The Morgan fingerprint density at radius 1 is 1.10 bits per heavy atom. The maximum Gasteiger partial charge on any atom is 0.440 e. The van der Waals surface area contributed by atoms with Gasteiger partial charge in [0, 0.05) is 23.1 Å². The van der Waals surface area contributed by atoms with Gasteiger partial charge in [-0.25, -0.2) is 22.2 Å². The minimum absolute atomic E-state index is 0.0534. The van der Waals surface area contributed by atoms with Crippen molar-refractivity contribution >= 4 is 21.4 Å². The number of alkyl halides is 3. The second-order valence-corrected chi connectivity index (χ2v) is 8.68.